The average molecular weight is 262 g/mol. The second-order valence-electron chi connectivity index (χ2n) is 5.33. The molecule has 0 aromatic carbocycles. The van der Waals surface area contributed by atoms with E-state index in [2.05, 4.69) is 14.8 Å². The van der Waals surface area contributed by atoms with Gasteiger partial charge in [0.25, 0.3) is 0 Å². The Kier molecular flexibility index (Phi) is 3.84. The van der Waals surface area contributed by atoms with Crippen LogP contribution in [-0.4, -0.2) is 55.3 Å². The van der Waals surface area contributed by atoms with Crippen molar-refractivity contribution in [1.29, 1.82) is 0 Å². The zero-order chi connectivity index (χ0) is 13.1. The Morgan fingerprint density at radius 3 is 2.79 bits per heavy atom. The molecule has 1 atom stereocenters. The van der Waals surface area contributed by atoms with E-state index >= 15 is 0 Å². The van der Waals surface area contributed by atoms with Crippen LogP contribution in [0.5, 0.6) is 0 Å². The molecule has 0 radical (unpaired) electrons. The second kappa shape index (κ2) is 5.75. The highest BCUT2D eigenvalue weighted by Gasteiger charge is 2.26. The van der Waals surface area contributed by atoms with Crippen molar-refractivity contribution in [2.45, 2.75) is 18.9 Å². The molecule has 0 bridgehead atoms. The number of aromatic nitrogens is 1. The van der Waals surface area contributed by atoms with E-state index in [1.54, 1.807) is 6.20 Å². The number of hydrogen-bond acceptors (Lipinski definition) is 5. The van der Waals surface area contributed by atoms with Crippen molar-refractivity contribution in [1.82, 2.24) is 9.88 Å². The number of nitrogens with zero attached hydrogens (tertiary/aromatic N) is 3. The second-order valence-corrected chi connectivity index (χ2v) is 5.33. The maximum absolute atomic E-state index is 5.99. The molecular weight excluding hydrogens is 240 g/mol. The maximum Gasteiger partial charge on any atom is 0.0738 e. The minimum absolute atomic E-state index is 0.616. The van der Waals surface area contributed by atoms with Crippen LogP contribution in [0.3, 0.4) is 0 Å². The van der Waals surface area contributed by atoms with E-state index in [9.17, 15) is 0 Å². The van der Waals surface area contributed by atoms with E-state index < -0.39 is 0 Å². The first-order valence-electron chi connectivity index (χ1n) is 7.11. The predicted molar refractivity (Wildman–Crippen MR) is 76.3 cm³/mol. The molecule has 19 heavy (non-hydrogen) atoms. The van der Waals surface area contributed by atoms with Gasteiger partial charge >= 0.3 is 0 Å². The lowest BCUT2D eigenvalue weighted by Crippen LogP contribution is -2.52. The highest BCUT2D eigenvalue weighted by atomic mass is 16.5. The molecular formula is C14H22N4O. The summed E-state index contributed by atoms with van der Waals surface area (Å²) in [6, 6.07) is 2.63. The number of anilines is 2. The molecule has 0 spiro atoms. The first-order valence-corrected chi connectivity index (χ1v) is 7.11. The fraction of sp³-hybridized carbons (Fsp3) is 0.643. The third-order valence-electron chi connectivity index (χ3n) is 4.14. The minimum atomic E-state index is 0.616. The van der Waals surface area contributed by atoms with Crippen molar-refractivity contribution < 1.29 is 4.74 Å². The number of rotatable bonds is 2. The Hall–Kier alpha value is -1.33. The van der Waals surface area contributed by atoms with Gasteiger partial charge in [-0.05, 0) is 18.9 Å². The predicted octanol–water partition coefficient (Wildman–Crippen LogP) is 0.965. The molecule has 5 heteroatoms. The largest absolute Gasteiger partial charge is 0.396 e. The van der Waals surface area contributed by atoms with Crippen LogP contribution in [0.15, 0.2) is 18.5 Å². The molecule has 5 nitrogen and oxygen atoms in total. The summed E-state index contributed by atoms with van der Waals surface area (Å²) in [4.78, 5) is 8.97. The molecule has 0 saturated carbocycles. The third-order valence-corrected chi connectivity index (χ3v) is 4.14. The molecule has 3 heterocycles. The number of piperazine rings is 1. The van der Waals surface area contributed by atoms with Crippen molar-refractivity contribution in [3.8, 4) is 0 Å². The summed E-state index contributed by atoms with van der Waals surface area (Å²) in [6.07, 6.45) is 6.02. The monoisotopic (exact) mass is 262 g/mol. The smallest absolute Gasteiger partial charge is 0.0738 e. The van der Waals surface area contributed by atoms with E-state index in [1.165, 1.54) is 12.8 Å². The highest BCUT2D eigenvalue weighted by molar-refractivity contribution is 5.66. The zero-order valence-electron chi connectivity index (χ0n) is 11.3. The summed E-state index contributed by atoms with van der Waals surface area (Å²) in [5.41, 5.74) is 7.89. The molecule has 2 aliphatic heterocycles. The minimum Gasteiger partial charge on any atom is -0.396 e. The van der Waals surface area contributed by atoms with E-state index in [0.717, 1.165) is 50.8 Å². The number of hydrogen-bond donors (Lipinski definition) is 1. The summed E-state index contributed by atoms with van der Waals surface area (Å²) in [7, 11) is 0. The Bertz CT molecular complexity index is 412. The number of nitrogen functional groups attached to an aromatic ring is 1. The molecule has 1 aromatic rings. The van der Waals surface area contributed by atoms with Crippen molar-refractivity contribution in [2.75, 3.05) is 50.0 Å². The fourth-order valence-corrected chi connectivity index (χ4v) is 3.03. The van der Waals surface area contributed by atoms with Crippen LogP contribution in [0.25, 0.3) is 0 Å². The van der Waals surface area contributed by atoms with E-state index in [4.69, 9.17) is 10.5 Å². The van der Waals surface area contributed by atoms with Crippen LogP contribution in [-0.2, 0) is 4.74 Å². The lowest BCUT2D eigenvalue weighted by molar-refractivity contribution is 0.0159. The van der Waals surface area contributed by atoms with Gasteiger partial charge in [-0.1, -0.05) is 0 Å². The third kappa shape index (κ3) is 2.82. The molecule has 1 unspecified atom stereocenters. The summed E-state index contributed by atoms with van der Waals surface area (Å²) in [5, 5.41) is 0. The van der Waals surface area contributed by atoms with E-state index in [0.29, 0.717) is 6.04 Å². The van der Waals surface area contributed by atoms with Gasteiger partial charge in [0, 0.05) is 45.0 Å². The van der Waals surface area contributed by atoms with Crippen molar-refractivity contribution in [3.63, 3.8) is 0 Å². The van der Waals surface area contributed by atoms with Crippen molar-refractivity contribution in [3.05, 3.63) is 18.5 Å². The summed E-state index contributed by atoms with van der Waals surface area (Å²) >= 11 is 0. The van der Waals surface area contributed by atoms with Gasteiger partial charge in [-0.25, -0.2) is 0 Å². The quantitative estimate of drug-likeness (QED) is 0.860. The Labute approximate surface area is 114 Å². The van der Waals surface area contributed by atoms with Gasteiger partial charge in [0.05, 0.1) is 24.2 Å². The summed E-state index contributed by atoms with van der Waals surface area (Å²) in [6.45, 7) is 6.09. The zero-order valence-corrected chi connectivity index (χ0v) is 11.3. The van der Waals surface area contributed by atoms with Gasteiger partial charge in [-0.15, -0.1) is 0 Å². The van der Waals surface area contributed by atoms with Gasteiger partial charge in [0.15, 0.2) is 0 Å². The SMILES string of the molecule is Nc1cnccc1N1CCN(C2CCCOC2)CC1. The van der Waals surface area contributed by atoms with Crippen LogP contribution in [0.1, 0.15) is 12.8 Å². The van der Waals surface area contributed by atoms with Crippen LogP contribution < -0.4 is 10.6 Å². The van der Waals surface area contributed by atoms with Crippen LogP contribution in [0.2, 0.25) is 0 Å². The molecule has 2 N–H and O–H groups in total. The molecule has 0 aliphatic carbocycles. The van der Waals surface area contributed by atoms with Gasteiger partial charge in [-0.2, -0.15) is 0 Å². The standard InChI is InChI=1S/C14H22N4O/c15-13-10-16-4-3-14(13)18-7-5-17(6-8-18)12-2-1-9-19-11-12/h3-4,10,12H,1-2,5-9,11,15H2. The van der Waals surface area contributed by atoms with Crippen molar-refractivity contribution >= 4 is 11.4 Å². The maximum atomic E-state index is 5.99. The average Bonchev–Trinajstić information content (AvgIpc) is 2.49. The number of ether oxygens (including phenoxy) is 1. The molecule has 0 amide bonds. The van der Waals surface area contributed by atoms with Crippen LogP contribution in [0, 0.1) is 0 Å². The molecule has 104 valence electrons. The Balaban J connectivity index is 1.58. The molecule has 2 fully saturated rings. The number of pyridine rings is 1. The lowest BCUT2D eigenvalue weighted by atomic mass is 10.1. The first kappa shape index (κ1) is 12.7. The van der Waals surface area contributed by atoms with E-state index in [1.807, 2.05) is 12.3 Å². The summed E-state index contributed by atoms with van der Waals surface area (Å²) < 4.78 is 5.58. The number of nitrogens with two attached hydrogens (primary N) is 1. The molecule has 2 saturated heterocycles. The first-order chi connectivity index (χ1) is 9.34. The van der Waals surface area contributed by atoms with Gasteiger partial charge in [0.2, 0.25) is 0 Å². The van der Waals surface area contributed by atoms with Gasteiger partial charge in [0.1, 0.15) is 0 Å². The fourth-order valence-electron chi connectivity index (χ4n) is 3.03. The van der Waals surface area contributed by atoms with E-state index in [-0.39, 0.29) is 0 Å². The van der Waals surface area contributed by atoms with Crippen LogP contribution in [0.4, 0.5) is 11.4 Å². The normalized spacial score (nSPS) is 25.5. The topological polar surface area (TPSA) is 54.6 Å². The Morgan fingerprint density at radius 2 is 2.11 bits per heavy atom. The van der Waals surface area contributed by atoms with Crippen LogP contribution >= 0.6 is 0 Å². The molecule has 2 aliphatic rings. The highest BCUT2D eigenvalue weighted by Crippen LogP contribution is 2.24. The van der Waals surface area contributed by atoms with Gasteiger partial charge < -0.3 is 15.4 Å². The summed E-state index contributed by atoms with van der Waals surface area (Å²) in [5.74, 6) is 0. The molecule has 1 aromatic heterocycles. The Morgan fingerprint density at radius 1 is 1.26 bits per heavy atom. The van der Waals surface area contributed by atoms with Gasteiger partial charge in [-0.3, -0.25) is 9.88 Å². The lowest BCUT2D eigenvalue weighted by Gasteiger charge is -2.41. The molecule has 3 rings (SSSR count). The van der Waals surface area contributed by atoms with Crippen molar-refractivity contribution in [2.24, 2.45) is 0 Å².